The summed E-state index contributed by atoms with van der Waals surface area (Å²) in [6, 6.07) is 3.34. The van der Waals surface area contributed by atoms with Crippen molar-refractivity contribution in [3.63, 3.8) is 0 Å². The van der Waals surface area contributed by atoms with Crippen molar-refractivity contribution in [3.05, 3.63) is 29.6 Å². The number of urea groups is 1. The number of carbonyl (C=O) groups is 1. The molecule has 1 atom stereocenters. The van der Waals surface area contributed by atoms with Gasteiger partial charge in [-0.05, 0) is 30.9 Å². The first-order chi connectivity index (χ1) is 8.22. The third kappa shape index (κ3) is 2.55. The molecule has 2 rings (SSSR count). The molecule has 0 aliphatic carbocycles. The van der Waals surface area contributed by atoms with Gasteiger partial charge in [0.15, 0.2) is 0 Å². The molecule has 2 amide bonds. The summed E-state index contributed by atoms with van der Waals surface area (Å²) in [5.74, 6) is 0. The number of likely N-dealkylation sites (tertiary alicyclic amines) is 1. The summed E-state index contributed by atoms with van der Waals surface area (Å²) in [7, 11) is 0. The molecule has 0 spiro atoms. The van der Waals surface area contributed by atoms with Gasteiger partial charge in [0.1, 0.15) is 0 Å². The highest BCUT2D eigenvalue weighted by atomic mass is 16.3. The average molecular weight is 235 g/mol. The third-order valence-corrected chi connectivity index (χ3v) is 3.18. The summed E-state index contributed by atoms with van der Waals surface area (Å²) in [6.07, 6.45) is 4.73. The number of aromatic nitrogens is 1. The summed E-state index contributed by atoms with van der Waals surface area (Å²) in [5, 5.41) is 8.93. The second-order valence-corrected chi connectivity index (χ2v) is 4.28. The van der Waals surface area contributed by atoms with E-state index < -0.39 is 0 Å². The molecule has 92 valence electrons. The fraction of sp³-hybridized carbons (Fsp3) is 0.500. The van der Waals surface area contributed by atoms with Gasteiger partial charge in [0.25, 0.3) is 0 Å². The third-order valence-electron chi connectivity index (χ3n) is 3.18. The lowest BCUT2D eigenvalue weighted by molar-refractivity contribution is 0.159. The van der Waals surface area contributed by atoms with Crippen LogP contribution in [-0.4, -0.2) is 27.6 Å². The molecule has 1 fully saturated rings. The molecule has 1 unspecified atom stereocenters. The van der Waals surface area contributed by atoms with Crippen LogP contribution >= 0.6 is 0 Å². The number of hydrogen-bond donors (Lipinski definition) is 2. The van der Waals surface area contributed by atoms with Crippen LogP contribution < -0.4 is 5.73 Å². The van der Waals surface area contributed by atoms with E-state index in [4.69, 9.17) is 10.8 Å². The molecule has 1 aliphatic rings. The Morgan fingerprint density at radius 2 is 2.35 bits per heavy atom. The number of hydrogen-bond acceptors (Lipinski definition) is 3. The van der Waals surface area contributed by atoms with Crippen molar-refractivity contribution in [1.82, 2.24) is 9.88 Å². The Hall–Kier alpha value is -1.62. The van der Waals surface area contributed by atoms with Crippen LogP contribution in [0.5, 0.6) is 0 Å². The zero-order chi connectivity index (χ0) is 12.3. The predicted molar refractivity (Wildman–Crippen MR) is 63.0 cm³/mol. The second-order valence-electron chi connectivity index (χ2n) is 4.28. The van der Waals surface area contributed by atoms with E-state index in [0.29, 0.717) is 12.2 Å². The number of aliphatic hydroxyl groups excluding tert-OH is 1. The number of aliphatic hydroxyl groups is 1. The molecular weight excluding hydrogens is 218 g/mol. The van der Waals surface area contributed by atoms with Gasteiger partial charge in [0.2, 0.25) is 0 Å². The SMILES string of the molecule is NC(=O)N1CCCCC1c1ccc(CO)nc1. The number of rotatable bonds is 2. The first-order valence-electron chi connectivity index (χ1n) is 5.84. The van der Waals surface area contributed by atoms with Crippen LogP contribution in [0.25, 0.3) is 0 Å². The monoisotopic (exact) mass is 235 g/mol. The summed E-state index contributed by atoms with van der Waals surface area (Å²) < 4.78 is 0. The van der Waals surface area contributed by atoms with E-state index in [1.54, 1.807) is 17.2 Å². The molecule has 1 aliphatic heterocycles. The number of primary amides is 1. The van der Waals surface area contributed by atoms with Crippen LogP contribution in [0.1, 0.15) is 36.6 Å². The van der Waals surface area contributed by atoms with Crippen LogP contribution in [0.3, 0.4) is 0 Å². The second kappa shape index (κ2) is 5.14. The molecule has 17 heavy (non-hydrogen) atoms. The molecule has 0 radical (unpaired) electrons. The van der Waals surface area contributed by atoms with E-state index in [-0.39, 0.29) is 18.7 Å². The van der Waals surface area contributed by atoms with Crippen molar-refractivity contribution < 1.29 is 9.90 Å². The molecule has 1 aromatic rings. The molecule has 5 nitrogen and oxygen atoms in total. The molecule has 3 N–H and O–H groups in total. The Balaban J connectivity index is 2.20. The van der Waals surface area contributed by atoms with Crippen molar-refractivity contribution >= 4 is 6.03 Å². The highest BCUT2D eigenvalue weighted by molar-refractivity contribution is 5.72. The van der Waals surface area contributed by atoms with Crippen molar-refractivity contribution in [2.24, 2.45) is 5.73 Å². The Morgan fingerprint density at radius 3 is 2.94 bits per heavy atom. The first kappa shape index (κ1) is 11.9. The summed E-state index contributed by atoms with van der Waals surface area (Å²) in [6.45, 7) is 0.645. The van der Waals surface area contributed by atoms with Crippen molar-refractivity contribution in [1.29, 1.82) is 0 Å². The van der Waals surface area contributed by atoms with E-state index in [1.807, 2.05) is 6.07 Å². The minimum Gasteiger partial charge on any atom is -0.390 e. The van der Waals surface area contributed by atoms with Gasteiger partial charge >= 0.3 is 6.03 Å². The molecule has 1 aromatic heterocycles. The number of amides is 2. The Morgan fingerprint density at radius 1 is 1.53 bits per heavy atom. The molecular formula is C12H17N3O2. The highest BCUT2D eigenvalue weighted by Crippen LogP contribution is 2.30. The maximum Gasteiger partial charge on any atom is 0.315 e. The molecule has 2 heterocycles. The minimum atomic E-state index is -0.374. The van der Waals surface area contributed by atoms with Gasteiger partial charge in [-0.3, -0.25) is 4.98 Å². The van der Waals surface area contributed by atoms with Gasteiger partial charge in [-0.1, -0.05) is 6.07 Å². The predicted octanol–water partition coefficient (Wildman–Crippen LogP) is 1.18. The summed E-state index contributed by atoms with van der Waals surface area (Å²) >= 11 is 0. The zero-order valence-corrected chi connectivity index (χ0v) is 9.67. The minimum absolute atomic E-state index is 0.0292. The normalized spacial score (nSPS) is 20.3. The number of pyridine rings is 1. The van der Waals surface area contributed by atoms with Crippen molar-refractivity contribution in [2.75, 3.05) is 6.54 Å². The highest BCUT2D eigenvalue weighted by Gasteiger charge is 2.26. The van der Waals surface area contributed by atoms with Gasteiger partial charge in [0, 0.05) is 12.7 Å². The van der Waals surface area contributed by atoms with Crippen molar-refractivity contribution in [3.8, 4) is 0 Å². The molecule has 1 saturated heterocycles. The number of nitrogens with zero attached hydrogens (tertiary/aromatic N) is 2. The lowest BCUT2D eigenvalue weighted by Gasteiger charge is -2.34. The van der Waals surface area contributed by atoms with Crippen LogP contribution in [0.15, 0.2) is 18.3 Å². The van der Waals surface area contributed by atoms with E-state index in [2.05, 4.69) is 4.98 Å². The maximum atomic E-state index is 11.3. The standard InChI is InChI=1S/C12H17N3O2/c13-12(17)15-6-2-1-3-11(15)9-4-5-10(8-16)14-7-9/h4-5,7,11,16H,1-3,6,8H2,(H2,13,17). The average Bonchev–Trinajstić information content (AvgIpc) is 2.39. The van der Waals surface area contributed by atoms with Crippen LogP contribution in [-0.2, 0) is 6.61 Å². The zero-order valence-electron chi connectivity index (χ0n) is 9.67. The lowest BCUT2D eigenvalue weighted by atomic mass is 9.96. The maximum absolute atomic E-state index is 11.3. The van der Waals surface area contributed by atoms with Gasteiger partial charge in [-0.15, -0.1) is 0 Å². The Labute approximate surface area is 100 Å². The van der Waals surface area contributed by atoms with Crippen LogP contribution in [0.4, 0.5) is 4.79 Å². The van der Waals surface area contributed by atoms with E-state index in [1.165, 1.54) is 0 Å². The van der Waals surface area contributed by atoms with Gasteiger partial charge in [-0.2, -0.15) is 0 Å². The van der Waals surface area contributed by atoms with Crippen LogP contribution in [0.2, 0.25) is 0 Å². The number of piperidine rings is 1. The van der Waals surface area contributed by atoms with Crippen LogP contribution in [0, 0.1) is 0 Å². The topological polar surface area (TPSA) is 79.5 Å². The van der Waals surface area contributed by atoms with E-state index >= 15 is 0 Å². The quantitative estimate of drug-likeness (QED) is 0.807. The molecule has 0 bridgehead atoms. The Bertz CT molecular complexity index is 391. The number of nitrogens with two attached hydrogens (primary N) is 1. The van der Waals surface area contributed by atoms with Crippen molar-refractivity contribution in [2.45, 2.75) is 31.9 Å². The van der Waals surface area contributed by atoms with Gasteiger partial charge in [0.05, 0.1) is 18.3 Å². The summed E-state index contributed by atoms with van der Waals surface area (Å²) in [4.78, 5) is 17.2. The smallest absolute Gasteiger partial charge is 0.315 e. The number of carbonyl (C=O) groups excluding carboxylic acids is 1. The van der Waals surface area contributed by atoms with Gasteiger partial charge < -0.3 is 15.7 Å². The Kier molecular flexibility index (Phi) is 3.58. The molecule has 0 saturated carbocycles. The largest absolute Gasteiger partial charge is 0.390 e. The fourth-order valence-corrected chi connectivity index (χ4v) is 2.27. The van der Waals surface area contributed by atoms with E-state index in [0.717, 1.165) is 24.8 Å². The molecule has 5 heteroatoms. The molecule has 0 aromatic carbocycles. The van der Waals surface area contributed by atoms with Gasteiger partial charge in [-0.25, -0.2) is 4.79 Å². The summed E-state index contributed by atoms with van der Waals surface area (Å²) in [5.41, 5.74) is 7.00. The first-order valence-corrected chi connectivity index (χ1v) is 5.84. The van der Waals surface area contributed by atoms with E-state index in [9.17, 15) is 4.79 Å². The lowest BCUT2D eigenvalue weighted by Crippen LogP contribution is -2.41. The fourth-order valence-electron chi connectivity index (χ4n) is 2.27.